The van der Waals surface area contributed by atoms with Gasteiger partial charge in [-0.05, 0) is 54.6 Å². The Balaban J connectivity index is 0.00000342. The van der Waals surface area contributed by atoms with Gasteiger partial charge < -0.3 is 16.0 Å². The van der Waals surface area contributed by atoms with Crippen molar-refractivity contribution in [1.29, 1.82) is 0 Å². The molecule has 0 atom stereocenters. The number of hydrogen-bond acceptors (Lipinski definition) is 3. The Hall–Kier alpha value is -4.23. The molecule has 35 heavy (non-hydrogen) atoms. The molecule has 0 heterocycles. The molecule has 0 aliphatic rings. The first-order chi connectivity index (χ1) is 16.4. The van der Waals surface area contributed by atoms with Gasteiger partial charge in [-0.1, -0.05) is 49.4 Å². The second kappa shape index (κ2) is 11.3. The van der Waals surface area contributed by atoms with Crippen LogP contribution in [0.3, 0.4) is 0 Å². The number of anilines is 4. The van der Waals surface area contributed by atoms with Crippen molar-refractivity contribution in [2.45, 2.75) is 7.43 Å². The van der Waals surface area contributed by atoms with E-state index in [1.54, 1.807) is 54.6 Å². The SMILES string of the molecule is C.O=C(Nc1ccccc1)Nc1cccc(C(=O)c2ccc(Nc3ccc(F)cc3F)cc2Cl)c1. The van der Waals surface area contributed by atoms with Crippen LogP contribution >= 0.6 is 11.6 Å². The highest BCUT2D eigenvalue weighted by molar-refractivity contribution is 6.35. The van der Waals surface area contributed by atoms with E-state index < -0.39 is 17.7 Å². The predicted octanol–water partition coefficient (Wildman–Crippen LogP) is 7.87. The van der Waals surface area contributed by atoms with Gasteiger partial charge in [0.1, 0.15) is 11.6 Å². The van der Waals surface area contributed by atoms with Crippen molar-refractivity contribution in [3.63, 3.8) is 0 Å². The van der Waals surface area contributed by atoms with E-state index in [0.717, 1.165) is 12.1 Å². The topological polar surface area (TPSA) is 70.2 Å². The first-order valence-corrected chi connectivity index (χ1v) is 10.6. The van der Waals surface area contributed by atoms with Gasteiger partial charge in [-0.3, -0.25) is 4.79 Å². The summed E-state index contributed by atoms with van der Waals surface area (Å²) in [6.45, 7) is 0. The summed E-state index contributed by atoms with van der Waals surface area (Å²) >= 11 is 6.33. The molecule has 3 N–H and O–H groups in total. The molecule has 0 aliphatic heterocycles. The summed E-state index contributed by atoms with van der Waals surface area (Å²) < 4.78 is 27.0. The molecule has 4 aromatic carbocycles. The number of ketones is 1. The standard InChI is InChI=1S/C26H18ClF2N3O2.CH4/c27-22-15-20(30-24-12-9-17(28)14-23(24)29)10-11-21(22)25(33)16-5-4-8-19(13-16)32-26(34)31-18-6-2-1-3-7-18;/h1-15,30H,(H2,31,32,34);1H4. The second-order valence-corrected chi connectivity index (χ2v) is 7.71. The van der Waals surface area contributed by atoms with Gasteiger partial charge in [-0.25, -0.2) is 13.6 Å². The quantitative estimate of drug-likeness (QED) is 0.239. The molecule has 0 radical (unpaired) electrons. The van der Waals surface area contributed by atoms with Crippen molar-refractivity contribution in [2.75, 3.05) is 16.0 Å². The summed E-state index contributed by atoms with van der Waals surface area (Å²) in [5.74, 6) is -1.79. The van der Waals surface area contributed by atoms with Crippen LogP contribution in [0, 0.1) is 11.6 Å². The summed E-state index contributed by atoms with van der Waals surface area (Å²) in [5, 5.41) is 8.35. The fourth-order valence-electron chi connectivity index (χ4n) is 3.23. The lowest BCUT2D eigenvalue weighted by molar-refractivity contribution is 0.103. The molecule has 0 bridgehead atoms. The summed E-state index contributed by atoms with van der Waals surface area (Å²) in [4.78, 5) is 25.3. The molecule has 0 aliphatic carbocycles. The highest BCUT2D eigenvalue weighted by Gasteiger charge is 2.15. The van der Waals surface area contributed by atoms with Crippen LogP contribution in [0.25, 0.3) is 0 Å². The van der Waals surface area contributed by atoms with Gasteiger partial charge >= 0.3 is 6.03 Å². The Morgan fingerprint density at radius 1 is 0.714 bits per heavy atom. The summed E-state index contributed by atoms with van der Waals surface area (Å²) in [6.07, 6.45) is 0. The summed E-state index contributed by atoms with van der Waals surface area (Å²) in [7, 11) is 0. The van der Waals surface area contributed by atoms with Crippen molar-refractivity contribution < 1.29 is 18.4 Å². The van der Waals surface area contributed by atoms with Crippen molar-refractivity contribution in [1.82, 2.24) is 0 Å². The molecule has 178 valence electrons. The maximum absolute atomic E-state index is 13.9. The number of rotatable bonds is 6. The predicted molar refractivity (Wildman–Crippen MR) is 137 cm³/mol. The van der Waals surface area contributed by atoms with Gasteiger partial charge in [-0.15, -0.1) is 0 Å². The highest BCUT2D eigenvalue weighted by Crippen LogP contribution is 2.27. The highest BCUT2D eigenvalue weighted by atomic mass is 35.5. The van der Waals surface area contributed by atoms with Crippen molar-refractivity contribution in [3.05, 3.63) is 119 Å². The molecule has 0 saturated carbocycles. The van der Waals surface area contributed by atoms with E-state index in [2.05, 4.69) is 16.0 Å². The number of urea groups is 1. The lowest BCUT2D eigenvalue weighted by Crippen LogP contribution is -2.19. The molecule has 5 nitrogen and oxygen atoms in total. The number of carbonyl (C=O) groups excluding carboxylic acids is 2. The third-order valence-corrected chi connectivity index (χ3v) is 5.15. The number of benzene rings is 4. The van der Waals surface area contributed by atoms with E-state index in [4.69, 9.17) is 11.6 Å². The maximum atomic E-state index is 13.9. The third-order valence-electron chi connectivity index (χ3n) is 4.84. The van der Waals surface area contributed by atoms with E-state index >= 15 is 0 Å². The van der Waals surface area contributed by atoms with Crippen LogP contribution in [-0.2, 0) is 0 Å². The zero-order valence-electron chi connectivity index (χ0n) is 17.6. The lowest BCUT2D eigenvalue weighted by Gasteiger charge is -2.11. The van der Waals surface area contributed by atoms with Crippen LogP contribution in [0.15, 0.2) is 91.0 Å². The zero-order chi connectivity index (χ0) is 24.1. The first-order valence-electron chi connectivity index (χ1n) is 10.2. The van der Waals surface area contributed by atoms with Gasteiger partial charge in [-0.2, -0.15) is 0 Å². The van der Waals surface area contributed by atoms with Gasteiger partial charge in [0, 0.05) is 34.3 Å². The fourth-order valence-corrected chi connectivity index (χ4v) is 3.50. The molecule has 0 unspecified atom stereocenters. The monoisotopic (exact) mass is 493 g/mol. The number of halogens is 3. The average Bonchev–Trinajstić information content (AvgIpc) is 2.81. The van der Waals surface area contributed by atoms with Gasteiger partial charge in [0.05, 0.1) is 10.7 Å². The number of hydrogen-bond donors (Lipinski definition) is 3. The van der Waals surface area contributed by atoms with Crippen LogP contribution < -0.4 is 16.0 Å². The average molecular weight is 494 g/mol. The minimum atomic E-state index is -0.753. The van der Waals surface area contributed by atoms with Crippen molar-refractivity contribution in [3.8, 4) is 0 Å². The van der Waals surface area contributed by atoms with Crippen LogP contribution in [0.5, 0.6) is 0 Å². The first kappa shape index (κ1) is 25.4. The van der Waals surface area contributed by atoms with E-state index in [1.165, 1.54) is 18.2 Å². The normalized spacial score (nSPS) is 10.1. The third kappa shape index (κ3) is 6.43. The lowest BCUT2D eigenvalue weighted by atomic mass is 10.0. The minimum absolute atomic E-state index is 0. The molecule has 0 saturated heterocycles. The van der Waals surface area contributed by atoms with Gasteiger partial charge in [0.25, 0.3) is 0 Å². The molecule has 0 aromatic heterocycles. The second-order valence-electron chi connectivity index (χ2n) is 7.30. The van der Waals surface area contributed by atoms with Crippen LogP contribution in [0.4, 0.5) is 36.3 Å². The Bertz CT molecular complexity index is 1360. The number of nitrogens with one attached hydrogen (secondary N) is 3. The molecule has 0 spiro atoms. The van der Waals surface area contributed by atoms with Crippen LogP contribution in [-0.4, -0.2) is 11.8 Å². The summed E-state index contributed by atoms with van der Waals surface area (Å²) in [5.41, 5.74) is 2.13. The van der Waals surface area contributed by atoms with Crippen molar-refractivity contribution >= 4 is 46.2 Å². The Morgan fingerprint density at radius 3 is 2.14 bits per heavy atom. The number of amides is 2. The molecular weight excluding hydrogens is 472 g/mol. The van der Waals surface area contributed by atoms with E-state index in [-0.39, 0.29) is 29.5 Å². The largest absolute Gasteiger partial charge is 0.353 e. The van der Waals surface area contributed by atoms with E-state index in [9.17, 15) is 18.4 Å². The van der Waals surface area contributed by atoms with Crippen molar-refractivity contribution in [2.24, 2.45) is 0 Å². The number of para-hydroxylation sites is 1. The summed E-state index contributed by atoms with van der Waals surface area (Å²) in [6, 6.07) is 22.7. The Labute approximate surface area is 206 Å². The molecule has 8 heteroatoms. The van der Waals surface area contributed by atoms with Crippen LogP contribution in [0.2, 0.25) is 5.02 Å². The molecule has 0 fully saturated rings. The Morgan fingerprint density at radius 2 is 1.43 bits per heavy atom. The van der Waals surface area contributed by atoms with E-state index in [0.29, 0.717) is 22.6 Å². The Kier molecular flexibility index (Phi) is 8.17. The van der Waals surface area contributed by atoms with Gasteiger partial charge in [0.2, 0.25) is 0 Å². The maximum Gasteiger partial charge on any atom is 0.323 e. The fraction of sp³-hybridized carbons (Fsp3) is 0.0370. The minimum Gasteiger partial charge on any atom is -0.353 e. The molecule has 2 amide bonds. The molecular formula is C27H22ClF2N3O2. The smallest absolute Gasteiger partial charge is 0.323 e. The van der Waals surface area contributed by atoms with Gasteiger partial charge in [0.15, 0.2) is 5.78 Å². The molecule has 4 rings (SSSR count). The van der Waals surface area contributed by atoms with Crippen LogP contribution in [0.1, 0.15) is 23.3 Å². The number of carbonyl (C=O) groups is 2. The molecule has 4 aromatic rings. The van der Waals surface area contributed by atoms with E-state index in [1.807, 2.05) is 6.07 Å². The zero-order valence-corrected chi connectivity index (χ0v) is 18.4.